The maximum absolute atomic E-state index is 6.10. The summed E-state index contributed by atoms with van der Waals surface area (Å²) in [6.45, 7) is 0.612. The molecule has 3 nitrogen and oxygen atoms in total. The van der Waals surface area contributed by atoms with Gasteiger partial charge in [-0.3, -0.25) is 0 Å². The van der Waals surface area contributed by atoms with Gasteiger partial charge in [0.05, 0.1) is 24.9 Å². The van der Waals surface area contributed by atoms with E-state index in [1.54, 1.807) is 32.4 Å². The number of hydrogen-bond acceptors (Lipinski definition) is 3. The van der Waals surface area contributed by atoms with E-state index in [9.17, 15) is 0 Å². The van der Waals surface area contributed by atoms with E-state index < -0.39 is 0 Å². The molecule has 20 heavy (non-hydrogen) atoms. The number of rotatable bonds is 5. The standard InChI is InChI=1S/C15H15Cl2NO2/c1-19-14-6-3-10(7-15(14)20-2)9-18-13-8-11(16)4-5-12(13)17/h3-8,18H,9H2,1-2H3. The fourth-order valence-electron chi connectivity index (χ4n) is 1.82. The Morgan fingerprint density at radius 1 is 0.950 bits per heavy atom. The van der Waals surface area contributed by atoms with Crippen LogP contribution in [0.25, 0.3) is 0 Å². The molecule has 0 aromatic heterocycles. The predicted octanol–water partition coefficient (Wildman–Crippen LogP) is 4.62. The first kappa shape index (κ1) is 14.8. The molecule has 0 fully saturated rings. The lowest BCUT2D eigenvalue weighted by atomic mass is 10.2. The zero-order chi connectivity index (χ0) is 14.5. The predicted molar refractivity (Wildman–Crippen MR) is 83.3 cm³/mol. The molecule has 0 aliphatic rings. The van der Waals surface area contributed by atoms with Crippen LogP contribution in [0.15, 0.2) is 36.4 Å². The highest BCUT2D eigenvalue weighted by molar-refractivity contribution is 6.35. The van der Waals surface area contributed by atoms with Crippen LogP contribution in [0, 0.1) is 0 Å². The number of benzene rings is 2. The van der Waals surface area contributed by atoms with Crippen LogP contribution in [0.3, 0.4) is 0 Å². The Balaban J connectivity index is 2.12. The number of halogens is 2. The van der Waals surface area contributed by atoms with E-state index in [0.29, 0.717) is 28.1 Å². The third-order valence-corrected chi connectivity index (χ3v) is 3.42. The fraction of sp³-hybridized carbons (Fsp3) is 0.200. The average Bonchev–Trinajstić information content (AvgIpc) is 2.47. The highest BCUT2D eigenvalue weighted by atomic mass is 35.5. The van der Waals surface area contributed by atoms with Crippen molar-refractivity contribution in [1.82, 2.24) is 0 Å². The molecule has 2 aromatic rings. The molecule has 0 spiro atoms. The second kappa shape index (κ2) is 6.73. The Kier molecular flexibility index (Phi) is 4.99. The molecule has 0 amide bonds. The first-order chi connectivity index (χ1) is 9.63. The molecule has 5 heteroatoms. The Morgan fingerprint density at radius 2 is 1.70 bits per heavy atom. The van der Waals surface area contributed by atoms with Crippen LogP contribution in [0.1, 0.15) is 5.56 Å². The van der Waals surface area contributed by atoms with Crippen molar-refractivity contribution >= 4 is 28.9 Å². The van der Waals surface area contributed by atoms with Crippen molar-refractivity contribution in [2.24, 2.45) is 0 Å². The van der Waals surface area contributed by atoms with Crippen molar-refractivity contribution in [3.05, 3.63) is 52.0 Å². The summed E-state index contributed by atoms with van der Waals surface area (Å²) < 4.78 is 10.5. The van der Waals surface area contributed by atoms with E-state index in [-0.39, 0.29) is 0 Å². The van der Waals surface area contributed by atoms with E-state index in [4.69, 9.17) is 32.7 Å². The second-order valence-corrected chi connectivity index (χ2v) is 5.01. The number of ether oxygens (including phenoxy) is 2. The van der Waals surface area contributed by atoms with Gasteiger partial charge >= 0.3 is 0 Å². The van der Waals surface area contributed by atoms with Crippen molar-refractivity contribution in [2.45, 2.75) is 6.54 Å². The van der Waals surface area contributed by atoms with E-state index in [2.05, 4.69) is 5.32 Å². The van der Waals surface area contributed by atoms with Crippen molar-refractivity contribution in [3.63, 3.8) is 0 Å². The lowest BCUT2D eigenvalue weighted by Crippen LogP contribution is -2.01. The highest BCUT2D eigenvalue weighted by Crippen LogP contribution is 2.29. The van der Waals surface area contributed by atoms with Crippen LogP contribution in [-0.4, -0.2) is 14.2 Å². The van der Waals surface area contributed by atoms with Gasteiger partial charge in [-0.15, -0.1) is 0 Å². The minimum atomic E-state index is 0.612. The van der Waals surface area contributed by atoms with Gasteiger partial charge in [-0.05, 0) is 35.9 Å². The van der Waals surface area contributed by atoms with Crippen LogP contribution in [0.5, 0.6) is 11.5 Å². The minimum absolute atomic E-state index is 0.612. The summed E-state index contributed by atoms with van der Waals surface area (Å²) in [7, 11) is 3.23. The highest BCUT2D eigenvalue weighted by Gasteiger charge is 2.05. The number of methoxy groups -OCH3 is 2. The van der Waals surface area contributed by atoms with Gasteiger partial charge in [-0.2, -0.15) is 0 Å². The Morgan fingerprint density at radius 3 is 2.40 bits per heavy atom. The summed E-state index contributed by atoms with van der Waals surface area (Å²) >= 11 is 12.1. The lowest BCUT2D eigenvalue weighted by molar-refractivity contribution is 0.354. The van der Waals surface area contributed by atoms with Crippen molar-refractivity contribution in [2.75, 3.05) is 19.5 Å². The minimum Gasteiger partial charge on any atom is -0.493 e. The van der Waals surface area contributed by atoms with Gasteiger partial charge in [0.25, 0.3) is 0 Å². The van der Waals surface area contributed by atoms with E-state index in [1.807, 2.05) is 18.2 Å². The number of anilines is 1. The van der Waals surface area contributed by atoms with Gasteiger partial charge in [-0.25, -0.2) is 0 Å². The van der Waals surface area contributed by atoms with Gasteiger partial charge in [-0.1, -0.05) is 29.3 Å². The largest absolute Gasteiger partial charge is 0.493 e. The van der Waals surface area contributed by atoms with Crippen LogP contribution in [0.4, 0.5) is 5.69 Å². The maximum Gasteiger partial charge on any atom is 0.161 e. The normalized spacial score (nSPS) is 10.2. The molecule has 106 valence electrons. The average molecular weight is 312 g/mol. The van der Waals surface area contributed by atoms with E-state index in [1.165, 1.54) is 0 Å². The van der Waals surface area contributed by atoms with Gasteiger partial charge in [0.15, 0.2) is 11.5 Å². The van der Waals surface area contributed by atoms with E-state index >= 15 is 0 Å². The number of hydrogen-bond donors (Lipinski definition) is 1. The topological polar surface area (TPSA) is 30.5 Å². The molecule has 0 aliphatic carbocycles. The molecule has 0 bridgehead atoms. The molecule has 2 aromatic carbocycles. The fourth-order valence-corrected chi connectivity index (χ4v) is 2.18. The van der Waals surface area contributed by atoms with Crippen molar-refractivity contribution in [3.8, 4) is 11.5 Å². The van der Waals surface area contributed by atoms with Crippen molar-refractivity contribution < 1.29 is 9.47 Å². The third kappa shape index (κ3) is 3.50. The molecule has 0 saturated carbocycles. The molecule has 0 atom stereocenters. The van der Waals surface area contributed by atoms with Crippen LogP contribution >= 0.6 is 23.2 Å². The molecule has 0 aliphatic heterocycles. The van der Waals surface area contributed by atoms with Gasteiger partial charge < -0.3 is 14.8 Å². The smallest absolute Gasteiger partial charge is 0.161 e. The van der Waals surface area contributed by atoms with Crippen LogP contribution in [0.2, 0.25) is 10.0 Å². The quantitative estimate of drug-likeness (QED) is 0.873. The number of nitrogens with one attached hydrogen (secondary N) is 1. The molecule has 1 N–H and O–H groups in total. The Labute approximate surface area is 128 Å². The van der Waals surface area contributed by atoms with Gasteiger partial charge in [0.2, 0.25) is 0 Å². The second-order valence-electron chi connectivity index (χ2n) is 4.17. The van der Waals surface area contributed by atoms with Gasteiger partial charge in [0.1, 0.15) is 0 Å². The summed E-state index contributed by atoms with van der Waals surface area (Å²) in [4.78, 5) is 0. The summed E-state index contributed by atoms with van der Waals surface area (Å²) in [5.74, 6) is 1.40. The van der Waals surface area contributed by atoms with E-state index in [0.717, 1.165) is 11.3 Å². The molecule has 0 saturated heterocycles. The molecular formula is C15H15Cl2NO2. The molecule has 2 rings (SSSR count). The first-order valence-corrected chi connectivity index (χ1v) is 6.79. The summed E-state index contributed by atoms with van der Waals surface area (Å²) in [6.07, 6.45) is 0. The van der Waals surface area contributed by atoms with Gasteiger partial charge in [0, 0.05) is 11.6 Å². The maximum atomic E-state index is 6.10. The van der Waals surface area contributed by atoms with Crippen molar-refractivity contribution in [1.29, 1.82) is 0 Å². The molecule has 0 unspecified atom stereocenters. The third-order valence-electron chi connectivity index (χ3n) is 2.86. The van der Waals surface area contributed by atoms with Crippen LogP contribution in [-0.2, 0) is 6.54 Å². The molecule has 0 radical (unpaired) electrons. The summed E-state index contributed by atoms with van der Waals surface area (Å²) in [5, 5.41) is 4.52. The first-order valence-electron chi connectivity index (χ1n) is 6.04. The zero-order valence-corrected chi connectivity index (χ0v) is 12.8. The molecule has 0 heterocycles. The zero-order valence-electron chi connectivity index (χ0n) is 11.2. The SMILES string of the molecule is COc1ccc(CNc2cc(Cl)ccc2Cl)cc1OC. The van der Waals surface area contributed by atoms with Crippen LogP contribution < -0.4 is 14.8 Å². The Bertz CT molecular complexity index is 602. The lowest BCUT2D eigenvalue weighted by Gasteiger charge is -2.12. The summed E-state index contributed by atoms with van der Waals surface area (Å²) in [5.41, 5.74) is 1.85. The Hall–Kier alpha value is -1.58. The summed E-state index contributed by atoms with van der Waals surface area (Å²) in [6, 6.07) is 11.1. The molecular weight excluding hydrogens is 297 g/mol. The monoisotopic (exact) mass is 311 g/mol.